The summed E-state index contributed by atoms with van der Waals surface area (Å²) in [6, 6.07) is 8.01. The summed E-state index contributed by atoms with van der Waals surface area (Å²) < 4.78 is 2.13. The predicted octanol–water partition coefficient (Wildman–Crippen LogP) is 7.51. The van der Waals surface area contributed by atoms with Gasteiger partial charge in [-0.1, -0.05) is 25.3 Å². The van der Waals surface area contributed by atoms with Crippen LogP contribution >= 0.6 is 0 Å². The summed E-state index contributed by atoms with van der Waals surface area (Å²) >= 11 is 0. The van der Waals surface area contributed by atoms with E-state index in [9.17, 15) is 19.8 Å². The Morgan fingerprint density at radius 3 is 2.09 bits per heavy atom. The maximum Gasteiger partial charge on any atom is 0.303 e. The van der Waals surface area contributed by atoms with E-state index in [2.05, 4.69) is 41.8 Å². The summed E-state index contributed by atoms with van der Waals surface area (Å²) in [6.07, 6.45) is 4.26. The molecule has 0 unspecified atom stereocenters. The van der Waals surface area contributed by atoms with Crippen molar-refractivity contribution in [2.24, 2.45) is 7.05 Å². The maximum absolute atomic E-state index is 11.6. The highest BCUT2D eigenvalue weighted by atomic mass is 16.4. The van der Waals surface area contributed by atoms with Crippen LogP contribution in [0.15, 0.2) is 43.5 Å². The van der Waals surface area contributed by atoms with Crippen LogP contribution in [0.2, 0.25) is 0 Å². The summed E-state index contributed by atoms with van der Waals surface area (Å²) in [4.78, 5) is 36.6. The van der Waals surface area contributed by atoms with Gasteiger partial charge < -0.3 is 19.8 Å². The van der Waals surface area contributed by atoms with Gasteiger partial charge in [0.15, 0.2) is 0 Å². The first-order valence-electron chi connectivity index (χ1n) is 14.3. The molecule has 0 saturated heterocycles. The Morgan fingerprint density at radius 2 is 1.44 bits per heavy atom. The molecular formula is C35H36N4O4. The van der Waals surface area contributed by atoms with Crippen LogP contribution in [0.25, 0.3) is 50.4 Å². The average molecular weight is 577 g/mol. The van der Waals surface area contributed by atoms with Crippen LogP contribution in [-0.4, -0.2) is 41.7 Å². The van der Waals surface area contributed by atoms with Crippen LogP contribution in [0.3, 0.4) is 0 Å². The maximum atomic E-state index is 11.6. The van der Waals surface area contributed by atoms with Crippen molar-refractivity contribution in [3.63, 3.8) is 0 Å². The Balaban J connectivity index is 1.98. The molecule has 3 N–H and O–H groups in total. The molecule has 2 aliphatic rings. The molecule has 8 bridgehead atoms. The molecule has 8 nitrogen and oxygen atoms in total. The third-order valence-corrected chi connectivity index (χ3v) is 8.63. The molecule has 0 aliphatic carbocycles. The minimum atomic E-state index is -0.885. The fourth-order valence-corrected chi connectivity index (χ4v) is 6.11. The van der Waals surface area contributed by atoms with Gasteiger partial charge in [0.1, 0.15) is 0 Å². The van der Waals surface area contributed by atoms with E-state index in [-0.39, 0.29) is 12.8 Å². The number of hydrogen-bond acceptors (Lipinski definition) is 4. The number of aliphatic carboxylic acids is 2. The van der Waals surface area contributed by atoms with E-state index in [0.717, 1.165) is 78.0 Å². The SMILES string of the molecule is C=CC1=C(C)c2cc3c(C=C)c(C)c(cc4[nH]c(cc5nc(cc1n2)C(C)=C5CCC(=O)O)c(CCC(=O)O)c4C)n3C. The molecule has 5 rings (SSSR count). The number of aryl methyl sites for hydroxylation is 4. The molecule has 220 valence electrons. The Bertz CT molecular complexity index is 1970. The minimum Gasteiger partial charge on any atom is -0.481 e. The van der Waals surface area contributed by atoms with Crippen molar-refractivity contribution in [2.45, 2.75) is 53.4 Å². The molecular weight excluding hydrogens is 540 g/mol. The van der Waals surface area contributed by atoms with Crippen molar-refractivity contribution in [3.8, 4) is 0 Å². The van der Waals surface area contributed by atoms with E-state index < -0.39 is 11.9 Å². The molecule has 5 heterocycles. The molecule has 0 fully saturated rings. The molecule has 0 atom stereocenters. The second-order valence-electron chi connectivity index (χ2n) is 11.1. The molecule has 0 saturated carbocycles. The fraction of sp³-hybridized carbons (Fsp3) is 0.257. The minimum absolute atomic E-state index is 0.0192. The van der Waals surface area contributed by atoms with Crippen molar-refractivity contribution in [3.05, 3.63) is 88.5 Å². The smallest absolute Gasteiger partial charge is 0.303 e. The number of H-pyrrole nitrogens is 1. The van der Waals surface area contributed by atoms with Gasteiger partial charge in [-0.25, -0.2) is 9.97 Å². The summed E-state index contributed by atoms with van der Waals surface area (Å²) in [5.41, 5.74) is 14.1. The zero-order valence-electron chi connectivity index (χ0n) is 25.3. The monoisotopic (exact) mass is 576 g/mol. The number of allylic oxidation sites excluding steroid dienone is 5. The van der Waals surface area contributed by atoms with Crippen LogP contribution < -0.4 is 0 Å². The second kappa shape index (κ2) is 11.4. The lowest BCUT2D eigenvalue weighted by atomic mass is 10.00. The first kappa shape index (κ1) is 29.5. The highest BCUT2D eigenvalue weighted by Gasteiger charge is 2.22. The lowest BCUT2D eigenvalue weighted by molar-refractivity contribution is -0.137. The molecule has 2 aliphatic heterocycles. The Hall–Kier alpha value is -4.98. The molecule has 0 radical (unpaired) electrons. The Kier molecular flexibility index (Phi) is 7.80. The van der Waals surface area contributed by atoms with E-state index in [0.29, 0.717) is 24.2 Å². The number of fused-ring (bicyclic) bond motifs is 8. The zero-order valence-corrected chi connectivity index (χ0v) is 25.3. The van der Waals surface area contributed by atoms with Gasteiger partial charge in [-0.05, 0) is 98.2 Å². The van der Waals surface area contributed by atoms with Gasteiger partial charge in [0.25, 0.3) is 0 Å². The summed E-state index contributed by atoms with van der Waals surface area (Å²) in [7, 11) is 2.02. The van der Waals surface area contributed by atoms with E-state index in [1.165, 1.54) is 0 Å². The summed E-state index contributed by atoms with van der Waals surface area (Å²) in [6.45, 7) is 16.2. The van der Waals surface area contributed by atoms with Crippen LogP contribution in [0.1, 0.15) is 78.1 Å². The number of nitrogens with one attached hydrogen (secondary N) is 1. The first-order chi connectivity index (χ1) is 20.4. The van der Waals surface area contributed by atoms with Gasteiger partial charge in [0, 0.05) is 47.6 Å². The van der Waals surface area contributed by atoms with E-state index in [1.807, 2.05) is 46.0 Å². The molecule has 0 amide bonds. The molecule has 0 aromatic carbocycles. The van der Waals surface area contributed by atoms with Crippen molar-refractivity contribution in [1.82, 2.24) is 19.5 Å². The molecule has 43 heavy (non-hydrogen) atoms. The highest BCUT2D eigenvalue weighted by molar-refractivity contribution is 5.98. The quantitative estimate of drug-likeness (QED) is 0.255. The van der Waals surface area contributed by atoms with Crippen molar-refractivity contribution in [2.75, 3.05) is 0 Å². The fourth-order valence-electron chi connectivity index (χ4n) is 6.11. The number of rotatable bonds is 8. The number of carbonyl (C=O) groups is 2. The van der Waals surface area contributed by atoms with Crippen LogP contribution in [0.5, 0.6) is 0 Å². The van der Waals surface area contributed by atoms with Crippen LogP contribution in [0.4, 0.5) is 0 Å². The van der Waals surface area contributed by atoms with Crippen molar-refractivity contribution in [1.29, 1.82) is 0 Å². The van der Waals surface area contributed by atoms with Gasteiger partial charge in [0.2, 0.25) is 0 Å². The Labute approximate surface area is 250 Å². The predicted molar refractivity (Wildman–Crippen MR) is 173 cm³/mol. The molecule has 3 aromatic rings. The first-order valence-corrected chi connectivity index (χ1v) is 14.3. The van der Waals surface area contributed by atoms with Gasteiger partial charge in [-0.15, -0.1) is 0 Å². The molecule has 3 aromatic heterocycles. The average Bonchev–Trinajstić information content (AvgIpc) is 3.59. The topological polar surface area (TPSA) is 121 Å². The lowest BCUT2D eigenvalue weighted by Gasteiger charge is -2.03. The number of aromatic amines is 1. The van der Waals surface area contributed by atoms with Crippen molar-refractivity contribution >= 4 is 62.4 Å². The van der Waals surface area contributed by atoms with Gasteiger partial charge >= 0.3 is 11.9 Å². The molecule has 0 spiro atoms. The van der Waals surface area contributed by atoms with E-state index >= 15 is 0 Å². The number of carboxylic acids is 2. The van der Waals surface area contributed by atoms with Gasteiger partial charge in [-0.3, -0.25) is 9.59 Å². The third kappa shape index (κ3) is 5.25. The van der Waals surface area contributed by atoms with Crippen LogP contribution in [0, 0.1) is 13.8 Å². The summed E-state index contributed by atoms with van der Waals surface area (Å²) in [5, 5.41) is 19.0. The standard InChI is InChI=1S/C35H36N4O4/c1-8-22-18(3)28-17-33-23(9-2)21(6)32(39(33)7)16-27-20(5)25(11-13-35(42)43)31(38-27)15-30-24(10-12-34(40)41)19(4)26(36-30)14-29(22)37-28/h8-9,14-17,38H,1-2,10-13H2,3-7H3,(H,40,41)(H,42,43). The normalized spacial score (nSPS) is 13.0. The van der Waals surface area contributed by atoms with Crippen LogP contribution in [-0.2, 0) is 23.1 Å². The number of nitrogens with zero attached hydrogens (tertiary/aromatic N) is 3. The second-order valence-corrected chi connectivity index (χ2v) is 11.1. The highest BCUT2D eigenvalue weighted by Crippen LogP contribution is 2.37. The van der Waals surface area contributed by atoms with Crippen molar-refractivity contribution < 1.29 is 19.8 Å². The Morgan fingerprint density at radius 1 is 0.791 bits per heavy atom. The van der Waals surface area contributed by atoms with E-state index in [4.69, 9.17) is 9.97 Å². The van der Waals surface area contributed by atoms with Gasteiger partial charge in [-0.2, -0.15) is 0 Å². The largest absolute Gasteiger partial charge is 0.481 e. The summed E-state index contributed by atoms with van der Waals surface area (Å²) in [5.74, 6) is -1.76. The number of carboxylic acid groups (broad SMARTS) is 2. The zero-order chi connectivity index (χ0) is 31.2. The third-order valence-electron chi connectivity index (χ3n) is 8.63. The van der Waals surface area contributed by atoms with Gasteiger partial charge in [0.05, 0.1) is 28.3 Å². The number of hydrogen-bond donors (Lipinski definition) is 3. The molecule has 8 heteroatoms. The lowest BCUT2D eigenvalue weighted by Crippen LogP contribution is -1.98. The number of aromatic nitrogens is 4. The van der Waals surface area contributed by atoms with E-state index in [1.54, 1.807) is 6.08 Å².